The Morgan fingerprint density at radius 1 is 1.00 bits per heavy atom. The van der Waals surface area contributed by atoms with Crippen molar-refractivity contribution in [3.63, 3.8) is 0 Å². The molecule has 0 amide bonds. The van der Waals surface area contributed by atoms with E-state index in [0.29, 0.717) is 0 Å². The number of hydrogen-bond donors (Lipinski definition) is 0. The van der Waals surface area contributed by atoms with Crippen molar-refractivity contribution in [2.24, 2.45) is 0 Å². The molecule has 0 atom stereocenters. The smallest absolute Gasteiger partial charge is 0.254 e. The van der Waals surface area contributed by atoms with Crippen LogP contribution in [0.2, 0.25) is 0 Å². The van der Waals surface area contributed by atoms with Crippen molar-refractivity contribution >= 4 is 7.54 Å². The van der Waals surface area contributed by atoms with E-state index in [0.717, 1.165) is 0 Å². The van der Waals surface area contributed by atoms with Gasteiger partial charge in [0.1, 0.15) is 0 Å². The van der Waals surface area contributed by atoms with Crippen LogP contribution >= 0.6 is 0 Å². The summed E-state index contributed by atoms with van der Waals surface area (Å²) in [6, 6.07) is 0. The van der Waals surface area contributed by atoms with E-state index in [4.69, 9.17) is 0 Å². The Morgan fingerprint density at radius 2 is 1.00 bits per heavy atom. The first kappa shape index (κ1) is 9.10. The predicted octanol–water partition coefficient (Wildman–Crippen LogP) is 0.877. The number of rotatable bonds is 0. The second-order valence-electron chi connectivity index (χ2n) is 0.247. The minimum absolute atomic E-state index is 0. The molecular formula is BF3Re. The summed E-state index contributed by atoms with van der Waals surface area (Å²) >= 11 is 0. The summed E-state index contributed by atoms with van der Waals surface area (Å²) in [5.41, 5.74) is 0. The van der Waals surface area contributed by atoms with Gasteiger partial charge in [0.15, 0.2) is 0 Å². The molecule has 5 heavy (non-hydrogen) atoms. The standard InChI is InChI=1S/BF3.Re/c2-1(3)4;. The molecule has 5 heteroatoms. The van der Waals surface area contributed by atoms with E-state index in [1.807, 2.05) is 0 Å². The van der Waals surface area contributed by atoms with Crippen LogP contribution in [0.1, 0.15) is 0 Å². The molecule has 0 aliphatic heterocycles. The predicted molar refractivity (Wildman–Crippen MR) is 9.08 cm³/mol. The van der Waals surface area contributed by atoms with Crippen molar-refractivity contribution in [2.45, 2.75) is 0 Å². The number of halogens is 3. The van der Waals surface area contributed by atoms with Gasteiger partial charge in [0.05, 0.1) is 0 Å². The summed E-state index contributed by atoms with van der Waals surface area (Å²) in [4.78, 5) is 0. The normalized spacial score (nSPS) is 5.40. The monoisotopic (exact) mass is 255 g/mol. The molecule has 1 radical (unpaired) electrons. The molecule has 0 N–H and O–H groups in total. The van der Waals surface area contributed by atoms with Gasteiger partial charge in [-0.05, 0) is 0 Å². The summed E-state index contributed by atoms with van der Waals surface area (Å²) < 4.78 is 29.0. The molecule has 0 spiro atoms. The van der Waals surface area contributed by atoms with Gasteiger partial charge in [-0.2, -0.15) is 0 Å². The van der Waals surface area contributed by atoms with Crippen molar-refractivity contribution in [1.29, 1.82) is 0 Å². The fourth-order valence-corrected chi connectivity index (χ4v) is 0. The van der Waals surface area contributed by atoms with Crippen molar-refractivity contribution in [3.8, 4) is 0 Å². The van der Waals surface area contributed by atoms with Crippen molar-refractivity contribution < 1.29 is 33.4 Å². The van der Waals surface area contributed by atoms with E-state index in [1.54, 1.807) is 0 Å². The number of hydrogen-bond acceptors (Lipinski definition) is 0. The molecule has 0 aromatic heterocycles. The molecule has 0 unspecified atom stereocenters. The Morgan fingerprint density at radius 3 is 1.00 bits per heavy atom. The van der Waals surface area contributed by atoms with Gasteiger partial charge in [-0.1, -0.05) is 0 Å². The summed E-state index contributed by atoms with van der Waals surface area (Å²) in [5, 5.41) is 0. The summed E-state index contributed by atoms with van der Waals surface area (Å²) in [5.74, 6) is 0. The minimum atomic E-state index is -3.67. The first-order valence-electron chi connectivity index (χ1n) is 0.655. The van der Waals surface area contributed by atoms with Crippen molar-refractivity contribution in [3.05, 3.63) is 0 Å². The first-order chi connectivity index (χ1) is 1.73. The first-order valence-corrected chi connectivity index (χ1v) is 0.655. The van der Waals surface area contributed by atoms with Gasteiger partial charge in [-0.3, -0.25) is 12.9 Å². The Kier molecular flexibility index (Phi) is 8.22. The molecule has 0 aromatic rings. The summed E-state index contributed by atoms with van der Waals surface area (Å²) in [7, 11) is -3.67. The van der Waals surface area contributed by atoms with Crippen LogP contribution < -0.4 is 0 Å². The van der Waals surface area contributed by atoms with Crippen molar-refractivity contribution in [2.75, 3.05) is 0 Å². The van der Waals surface area contributed by atoms with Gasteiger partial charge in [-0.25, -0.2) is 0 Å². The van der Waals surface area contributed by atoms with Gasteiger partial charge >= 0.3 is 7.54 Å². The van der Waals surface area contributed by atoms with E-state index in [-0.39, 0.29) is 20.4 Å². The minimum Gasteiger partial charge on any atom is -0.254 e. The Bertz CT molecular complexity index is 11.6. The van der Waals surface area contributed by atoms with Crippen LogP contribution in [0.15, 0.2) is 0 Å². The third kappa shape index (κ3) is 107. The molecule has 0 aliphatic rings. The van der Waals surface area contributed by atoms with Gasteiger partial charge < -0.3 is 0 Å². The maximum atomic E-state index is 9.67. The second kappa shape index (κ2) is 4.52. The van der Waals surface area contributed by atoms with E-state index in [2.05, 4.69) is 0 Å². The molecule has 0 heterocycles. The van der Waals surface area contributed by atoms with Gasteiger partial charge in [0.25, 0.3) is 0 Å². The molecule has 0 aromatic carbocycles. The molecule has 0 nitrogen and oxygen atoms in total. The molecule has 0 saturated heterocycles. The van der Waals surface area contributed by atoms with E-state index < -0.39 is 7.54 Å². The molecule has 0 aliphatic carbocycles. The fraction of sp³-hybridized carbons (Fsp3) is 0. The average Bonchev–Trinajstić information content (AvgIpc) is 0.811. The van der Waals surface area contributed by atoms with E-state index >= 15 is 0 Å². The SMILES string of the molecule is FB(F)F.[Re]. The zero-order valence-electron chi connectivity index (χ0n) is 2.09. The van der Waals surface area contributed by atoms with Gasteiger partial charge in [-0.15, -0.1) is 0 Å². The fourth-order valence-electron chi connectivity index (χ4n) is 0. The van der Waals surface area contributed by atoms with E-state index in [9.17, 15) is 12.9 Å². The van der Waals surface area contributed by atoms with Gasteiger partial charge in [0, 0.05) is 20.4 Å². The Balaban J connectivity index is 0. The maximum Gasteiger partial charge on any atom is 0.762 e. The van der Waals surface area contributed by atoms with Crippen LogP contribution in [0.5, 0.6) is 0 Å². The molecule has 0 saturated carbocycles. The van der Waals surface area contributed by atoms with Crippen LogP contribution in [0.4, 0.5) is 12.9 Å². The maximum absolute atomic E-state index is 9.67. The Hall–Kier alpha value is 0.517. The van der Waals surface area contributed by atoms with Gasteiger partial charge in [0.2, 0.25) is 0 Å². The molecular weight excluding hydrogens is 254 g/mol. The Labute approximate surface area is 41.6 Å². The van der Waals surface area contributed by atoms with Crippen LogP contribution in [-0.4, -0.2) is 7.54 Å². The second-order valence-corrected chi connectivity index (χ2v) is 0.247. The topological polar surface area (TPSA) is 0 Å². The zero-order valence-corrected chi connectivity index (χ0v) is 4.81. The zero-order chi connectivity index (χ0) is 3.58. The molecule has 31 valence electrons. The van der Waals surface area contributed by atoms with Crippen LogP contribution in [-0.2, 0) is 20.4 Å². The van der Waals surface area contributed by atoms with Crippen LogP contribution in [0, 0.1) is 0 Å². The van der Waals surface area contributed by atoms with Crippen molar-refractivity contribution in [1.82, 2.24) is 0 Å². The average molecular weight is 254 g/mol. The summed E-state index contributed by atoms with van der Waals surface area (Å²) in [6.07, 6.45) is 0. The summed E-state index contributed by atoms with van der Waals surface area (Å²) in [6.45, 7) is 0. The van der Waals surface area contributed by atoms with Crippen LogP contribution in [0.3, 0.4) is 0 Å². The van der Waals surface area contributed by atoms with Crippen LogP contribution in [0.25, 0.3) is 0 Å². The third-order valence-corrected chi connectivity index (χ3v) is 0. The molecule has 0 fully saturated rings. The molecule has 0 bridgehead atoms. The largest absolute Gasteiger partial charge is 0.762 e. The van der Waals surface area contributed by atoms with E-state index in [1.165, 1.54) is 0 Å². The quantitative estimate of drug-likeness (QED) is 0.563. The third-order valence-electron chi connectivity index (χ3n) is 0. The molecule has 0 rings (SSSR count).